The average Bonchev–Trinajstić information content (AvgIpc) is 2.75. The molecule has 1 unspecified atom stereocenters. The van der Waals surface area contributed by atoms with Crippen molar-refractivity contribution in [2.75, 3.05) is 18.4 Å². The molecule has 0 radical (unpaired) electrons. The minimum Gasteiger partial charge on any atom is -0.449 e. The minimum atomic E-state index is -3.75. The smallest absolute Gasteiger partial charge is 0.341 e. The predicted octanol–water partition coefficient (Wildman–Crippen LogP) is 3.98. The van der Waals surface area contributed by atoms with Crippen LogP contribution in [-0.2, 0) is 19.6 Å². The lowest BCUT2D eigenvalue weighted by Gasteiger charge is -2.26. The highest BCUT2D eigenvalue weighted by Crippen LogP contribution is 2.28. The number of amides is 1. The van der Waals surface area contributed by atoms with Gasteiger partial charge in [0.05, 0.1) is 21.2 Å². The molecule has 11 heteroatoms. The molecule has 0 saturated carbocycles. The summed E-state index contributed by atoms with van der Waals surface area (Å²) in [5, 5.41) is 2.50. The van der Waals surface area contributed by atoms with Gasteiger partial charge in [0.15, 0.2) is 6.10 Å². The molecular formula is C21H21ClF2N2O5S. The van der Waals surface area contributed by atoms with Crippen LogP contribution in [0, 0.1) is 11.6 Å². The highest BCUT2D eigenvalue weighted by molar-refractivity contribution is 7.89. The molecule has 172 valence electrons. The summed E-state index contributed by atoms with van der Waals surface area (Å²) in [6, 6.07) is 6.25. The topological polar surface area (TPSA) is 92.8 Å². The van der Waals surface area contributed by atoms with Crippen LogP contribution < -0.4 is 5.32 Å². The van der Waals surface area contributed by atoms with E-state index in [4.69, 9.17) is 16.3 Å². The third-order valence-electron chi connectivity index (χ3n) is 4.95. The second kappa shape index (κ2) is 9.93. The van der Waals surface area contributed by atoms with Crippen LogP contribution in [0.15, 0.2) is 41.3 Å². The predicted molar refractivity (Wildman–Crippen MR) is 114 cm³/mol. The van der Waals surface area contributed by atoms with Gasteiger partial charge in [-0.2, -0.15) is 4.31 Å². The maximum absolute atomic E-state index is 13.7. The Bertz CT molecular complexity index is 1140. The highest BCUT2D eigenvalue weighted by atomic mass is 35.5. The fourth-order valence-electron chi connectivity index (χ4n) is 3.18. The lowest BCUT2D eigenvalue weighted by atomic mass is 10.2. The summed E-state index contributed by atoms with van der Waals surface area (Å²) < 4.78 is 58.8. The lowest BCUT2D eigenvalue weighted by molar-refractivity contribution is -0.123. The lowest BCUT2D eigenvalue weighted by Crippen LogP contribution is -2.35. The highest BCUT2D eigenvalue weighted by Gasteiger charge is 2.27. The number of sulfonamides is 1. The van der Waals surface area contributed by atoms with E-state index in [2.05, 4.69) is 5.32 Å². The van der Waals surface area contributed by atoms with Crippen LogP contribution in [0.2, 0.25) is 5.02 Å². The molecule has 1 amide bonds. The van der Waals surface area contributed by atoms with E-state index in [1.54, 1.807) is 0 Å². The first kappa shape index (κ1) is 24.1. The summed E-state index contributed by atoms with van der Waals surface area (Å²) >= 11 is 6.10. The Morgan fingerprint density at radius 2 is 1.78 bits per heavy atom. The van der Waals surface area contributed by atoms with Crippen molar-refractivity contribution in [3.05, 3.63) is 58.6 Å². The number of benzene rings is 2. The van der Waals surface area contributed by atoms with Crippen molar-refractivity contribution in [1.82, 2.24) is 4.31 Å². The number of esters is 1. The van der Waals surface area contributed by atoms with E-state index < -0.39 is 45.2 Å². The first-order chi connectivity index (χ1) is 15.1. The van der Waals surface area contributed by atoms with Gasteiger partial charge in [-0.3, -0.25) is 4.79 Å². The number of rotatable bonds is 6. The quantitative estimate of drug-likeness (QED) is 0.623. The fraction of sp³-hybridized carbons (Fsp3) is 0.333. The Labute approximate surface area is 189 Å². The molecular weight excluding hydrogens is 466 g/mol. The maximum Gasteiger partial charge on any atom is 0.341 e. The van der Waals surface area contributed by atoms with Gasteiger partial charge in [-0.05, 0) is 50.1 Å². The fourth-order valence-corrected chi connectivity index (χ4v) is 4.89. The number of piperidine rings is 1. The van der Waals surface area contributed by atoms with Crippen LogP contribution in [-0.4, -0.2) is 43.8 Å². The summed E-state index contributed by atoms with van der Waals surface area (Å²) in [7, 11) is -3.75. The van der Waals surface area contributed by atoms with E-state index in [0.29, 0.717) is 19.2 Å². The van der Waals surface area contributed by atoms with Crippen molar-refractivity contribution in [2.24, 2.45) is 0 Å². The molecule has 32 heavy (non-hydrogen) atoms. The van der Waals surface area contributed by atoms with E-state index >= 15 is 0 Å². The zero-order valence-corrected chi connectivity index (χ0v) is 18.7. The molecule has 1 aliphatic heterocycles. The molecule has 1 N–H and O–H groups in total. The average molecular weight is 487 g/mol. The zero-order chi connectivity index (χ0) is 23.5. The molecule has 0 aromatic heterocycles. The summed E-state index contributed by atoms with van der Waals surface area (Å²) in [6.45, 7) is 2.08. The molecule has 7 nitrogen and oxygen atoms in total. The van der Waals surface area contributed by atoms with Crippen LogP contribution in [0.4, 0.5) is 14.5 Å². The molecule has 3 rings (SSSR count). The second-order valence-corrected chi connectivity index (χ2v) is 9.61. The van der Waals surface area contributed by atoms with Crippen molar-refractivity contribution in [3.63, 3.8) is 0 Å². The van der Waals surface area contributed by atoms with Crippen molar-refractivity contribution in [2.45, 2.75) is 37.2 Å². The zero-order valence-electron chi connectivity index (χ0n) is 17.1. The summed E-state index contributed by atoms with van der Waals surface area (Å²) in [4.78, 5) is 24.5. The first-order valence-electron chi connectivity index (χ1n) is 9.86. The molecule has 0 spiro atoms. The van der Waals surface area contributed by atoms with Gasteiger partial charge in [0.25, 0.3) is 5.91 Å². The van der Waals surface area contributed by atoms with Gasteiger partial charge in [0, 0.05) is 19.2 Å². The van der Waals surface area contributed by atoms with E-state index in [9.17, 15) is 26.8 Å². The van der Waals surface area contributed by atoms with E-state index in [-0.39, 0.29) is 15.6 Å². The number of ether oxygens (including phenoxy) is 1. The van der Waals surface area contributed by atoms with Gasteiger partial charge >= 0.3 is 5.97 Å². The second-order valence-electron chi connectivity index (χ2n) is 7.27. The Hall–Kier alpha value is -2.56. The van der Waals surface area contributed by atoms with E-state index in [1.807, 2.05) is 0 Å². The number of hydrogen-bond donors (Lipinski definition) is 1. The molecule has 1 heterocycles. The largest absolute Gasteiger partial charge is 0.449 e. The molecule has 2 aromatic rings. The Morgan fingerprint density at radius 1 is 1.09 bits per heavy atom. The number of hydrogen-bond acceptors (Lipinski definition) is 5. The van der Waals surface area contributed by atoms with Crippen molar-refractivity contribution in [3.8, 4) is 0 Å². The summed E-state index contributed by atoms with van der Waals surface area (Å²) in [5.74, 6) is -3.95. The van der Waals surface area contributed by atoms with Crippen LogP contribution >= 0.6 is 11.6 Å². The third kappa shape index (κ3) is 5.43. The minimum absolute atomic E-state index is 0.0191. The van der Waals surface area contributed by atoms with E-state index in [0.717, 1.165) is 31.4 Å². The van der Waals surface area contributed by atoms with Crippen LogP contribution in [0.25, 0.3) is 0 Å². The maximum atomic E-state index is 13.7. The first-order valence-corrected chi connectivity index (χ1v) is 11.7. The normalized spacial score (nSPS) is 15.8. The Kier molecular flexibility index (Phi) is 7.47. The van der Waals surface area contributed by atoms with Crippen molar-refractivity contribution >= 4 is 39.2 Å². The Morgan fingerprint density at radius 3 is 2.44 bits per heavy atom. The Balaban J connectivity index is 1.72. The molecule has 2 aromatic carbocycles. The molecule has 1 aliphatic rings. The van der Waals surface area contributed by atoms with Crippen LogP contribution in [0.3, 0.4) is 0 Å². The van der Waals surface area contributed by atoms with Gasteiger partial charge in [-0.1, -0.05) is 18.0 Å². The molecule has 1 saturated heterocycles. The van der Waals surface area contributed by atoms with Crippen LogP contribution in [0.5, 0.6) is 0 Å². The molecule has 0 bridgehead atoms. The SMILES string of the molecule is CC(OC(=O)c1ccc(F)cc1F)C(=O)Nc1cc(S(=O)(=O)N2CCCCC2)ccc1Cl. The number of halogens is 3. The third-order valence-corrected chi connectivity index (χ3v) is 7.18. The van der Waals surface area contributed by atoms with Crippen molar-refractivity contribution in [1.29, 1.82) is 0 Å². The van der Waals surface area contributed by atoms with Gasteiger partial charge in [0.2, 0.25) is 10.0 Å². The van der Waals surface area contributed by atoms with Crippen molar-refractivity contribution < 1.29 is 31.5 Å². The number of anilines is 1. The monoisotopic (exact) mass is 486 g/mol. The van der Waals surface area contributed by atoms with Gasteiger partial charge < -0.3 is 10.1 Å². The standard InChI is InChI=1S/C21H21ClF2N2O5S/c1-13(31-21(28)16-7-5-14(23)11-18(16)24)20(27)25-19-12-15(6-8-17(19)22)32(29,30)26-9-3-2-4-10-26/h5-8,11-13H,2-4,9-10H2,1H3,(H,25,27). The van der Waals surface area contributed by atoms with Crippen LogP contribution in [0.1, 0.15) is 36.5 Å². The molecule has 0 aliphatic carbocycles. The summed E-state index contributed by atoms with van der Waals surface area (Å²) in [5.41, 5.74) is -0.510. The van der Waals surface area contributed by atoms with Gasteiger partial charge in [0.1, 0.15) is 11.6 Å². The van der Waals surface area contributed by atoms with E-state index in [1.165, 1.54) is 29.4 Å². The molecule has 1 fully saturated rings. The number of nitrogens with one attached hydrogen (secondary N) is 1. The molecule has 1 atom stereocenters. The van der Waals surface area contributed by atoms with Gasteiger partial charge in [-0.15, -0.1) is 0 Å². The number of carbonyl (C=O) groups is 2. The van der Waals surface area contributed by atoms with Gasteiger partial charge in [-0.25, -0.2) is 22.0 Å². The number of nitrogens with zero attached hydrogens (tertiary/aromatic N) is 1. The number of carbonyl (C=O) groups excluding carboxylic acids is 2. The summed E-state index contributed by atoms with van der Waals surface area (Å²) in [6.07, 6.45) is 1.14.